The van der Waals surface area contributed by atoms with E-state index >= 15 is 0 Å². The molecule has 0 unspecified atom stereocenters. The van der Waals surface area contributed by atoms with Gasteiger partial charge in [0.2, 0.25) is 0 Å². The number of benzene rings is 1. The smallest absolute Gasteiger partial charge is 0.147 e. The van der Waals surface area contributed by atoms with E-state index in [9.17, 15) is 4.79 Å². The number of carbonyl (C=O) groups is 1. The van der Waals surface area contributed by atoms with Crippen LogP contribution in [0.5, 0.6) is 0 Å². The molecule has 0 amide bonds. The Kier molecular flexibility index (Phi) is 3.43. The Balaban J connectivity index is 2.18. The fourth-order valence-electron chi connectivity index (χ4n) is 1.82. The number of ketones is 1. The van der Waals surface area contributed by atoms with Gasteiger partial charge in [-0.05, 0) is 41.8 Å². The van der Waals surface area contributed by atoms with Crippen molar-refractivity contribution in [3.63, 3.8) is 0 Å². The van der Waals surface area contributed by atoms with Crippen LogP contribution in [0.1, 0.15) is 25.0 Å². The average molecular weight is 244 g/mol. The molecule has 0 spiro atoms. The van der Waals surface area contributed by atoms with Crippen LogP contribution >= 0.6 is 11.3 Å². The van der Waals surface area contributed by atoms with Crippen LogP contribution in [-0.4, -0.2) is 5.78 Å². The van der Waals surface area contributed by atoms with Crippen LogP contribution in [0.15, 0.2) is 47.2 Å². The van der Waals surface area contributed by atoms with Crippen molar-refractivity contribution in [1.29, 1.82) is 0 Å². The van der Waals surface area contributed by atoms with E-state index in [-0.39, 0.29) is 5.78 Å². The number of carbonyl (C=O) groups excluding carboxylic acids is 1. The Morgan fingerprint density at radius 3 is 2.47 bits per heavy atom. The normalized spacial score (nSPS) is 11.4. The van der Waals surface area contributed by atoms with Crippen LogP contribution in [0.3, 0.4) is 0 Å². The second kappa shape index (κ2) is 4.84. The van der Waals surface area contributed by atoms with E-state index in [0.29, 0.717) is 6.42 Å². The summed E-state index contributed by atoms with van der Waals surface area (Å²) in [6.45, 7) is 3.99. The SMILES string of the molecule is CC(C)(C(=O)Cc1ccsc1)c1ccccc1. The molecular formula is C15H16OS. The molecule has 0 radical (unpaired) electrons. The second-order valence-electron chi connectivity index (χ2n) is 4.72. The molecule has 0 aliphatic heterocycles. The maximum Gasteiger partial charge on any atom is 0.147 e. The summed E-state index contributed by atoms with van der Waals surface area (Å²) >= 11 is 1.64. The standard InChI is InChI=1S/C15H16OS/c1-15(2,13-6-4-3-5-7-13)14(16)10-12-8-9-17-11-12/h3-9,11H,10H2,1-2H3. The zero-order valence-corrected chi connectivity index (χ0v) is 11.0. The monoisotopic (exact) mass is 244 g/mol. The molecule has 0 fully saturated rings. The lowest BCUT2D eigenvalue weighted by atomic mass is 9.79. The highest BCUT2D eigenvalue weighted by molar-refractivity contribution is 7.08. The average Bonchev–Trinajstić information content (AvgIpc) is 2.83. The Morgan fingerprint density at radius 2 is 1.88 bits per heavy atom. The van der Waals surface area contributed by atoms with Gasteiger partial charge in [0.1, 0.15) is 5.78 Å². The van der Waals surface area contributed by atoms with Crippen molar-refractivity contribution in [3.05, 3.63) is 58.3 Å². The minimum absolute atomic E-state index is 0.266. The van der Waals surface area contributed by atoms with Gasteiger partial charge in [-0.1, -0.05) is 30.3 Å². The van der Waals surface area contributed by atoms with Gasteiger partial charge in [-0.15, -0.1) is 0 Å². The van der Waals surface area contributed by atoms with Crippen LogP contribution in [0.25, 0.3) is 0 Å². The first-order chi connectivity index (χ1) is 8.10. The molecule has 17 heavy (non-hydrogen) atoms. The highest BCUT2D eigenvalue weighted by atomic mass is 32.1. The fraction of sp³-hybridized carbons (Fsp3) is 0.267. The number of thiophene rings is 1. The maximum absolute atomic E-state index is 12.3. The topological polar surface area (TPSA) is 17.1 Å². The predicted octanol–water partition coefficient (Wildman–Crippen LogP) is 3.84. The first-order valence-electron chi connectivity index (χ1n) is 5.70. The Morgan fingerprint density at radius 1 is 1.18 bits per heavy atom. The molecule has 2 heteroatoms. The van der Waals surface area contributed by atoms with Gasteiger partial charge in [0.05, 0.1) is 0 Å². The molecule has 0 N–H and O–H groups in total. The summed E-state index contributed by atoms with van der Waals surface area (Å²) < 4.78 is 0. The summed E-state index contributed by atoms with van der Waals surface area (Å²) in [7, 11) is 0. The van der Waals surface area contributed by atoms with Gasteiger partial charge in [-0.2, -0.15) is 11.3 Å². The van der Waals surface area contributed by atoms with Crippen molar-refractivity contribution in [3.8, 4) is 0 Å². The van der Waals surface area contributed by atoms with E-state index in [1.165, 1.54) is 0 Å². The zero-order valence-electron chi connectivity index (χ0n) is 10.1. The molecular weight excluding hydrogens is 228 g/mol. The first kappa shape index (κ1) is 12.1. The Bertz CT molecular complexity index is 483. The summed E-state index contributed by atoms with van der Waals surface area (Å²) in [5.74, 6) is 0.266. The minimum Gasteiger partial charge on any atom is -0.298 e. The summed E-state index contributed by atoms with van der Waals surface area (Å²) in [5, 5.41) is 4.05. The number of hydrogen-bond acceptors (Lipinski definition) is 2. The van der Waals surface area contributed by atoms with E-state index in [4.69, 9.17) is 0 Å². The van der Waals surface area contributed by atoms with E-state index in [0.717, 1.165) is 11.1 Å². The van der Waals surface area contributed by atoms with Crippen molar-refractivity contribution in [2.45, 2.75) is 25.7 Å². The van der Waals surface area contributed by atoms with Crippen LogP contribution < -0.4 is 0 Å². The Hall–Kier alpha value is -1.41. The maximum atomic E-state index is 12.3. The summed E-state index contributed by atoms with van der Waals surface area (Å²) in [6.07, 6.45) is 0.519. The molecule has 88 valence electrons. The quantitative estimate of drug-likeness (QED) is 0.798. The molecule has 2 rings (SSSR count). The minimum atomic E-state index is -0.413. The third-order valence-electron chi connectivity index (χ3n) is 3.14. The number of hydrogen-bond donors (Lipinski definition) is 0. The molecule has 0 saturated heterocycles. The van der Waals surface area contributed by atoms with Crippen molar-refractivity contribution < 1.29 is 4.79 Å². The molecule has 1 heterocycles. The van der Waals surface area contributed by atoms with Crippen molar-refractivity contribution in [1.82, 2.24) is 0 Å². The van der Waals surface area contributed by atoms with Crippen LogP contribution in [0.2, 0.25) is 0 Å². The summed E-state index contributed by atoms with van der Waals surface area (Å²) in [6, 6.07) is 12.0. The lowest BCUT2D eigenvalue weighted by Gasteiger charge is -2.23. The second-order valence-corrected chi connectivity index (χ2v) is 5.50. The van der Waals surface area contributed by atoms with Gasteiger partial charge >= 0.3 is 0 Å². The van der Waals surface area contributed by atoms with Crippen molar-refractivity contribution >= 4 is 17.1 Å². The van der Waals surface area contributed by atoms with E-state index in [2.05, 4.69) is 0 Å². The van der Waals surface area contributed by atoms with Gasteiger partial charge in [-0.25, -0.2) is 0 Å². The van der Waals surface area contributed by atoms with Crippen LogP contribution in [-0.2, 0) is 16.6 Å². The highest BCUT2D eigenvalue weighted by Crippen LogP contribution is 2.25. The van der Waals surface area contributed by atoms with E-state index in [1.54, 1.807) is 11.3 Å². The summed E-state index contributed by atoms with van der Waals surface area (Å²) in [5.41, 5.74) is 1.78. The third-order valence-corrected chi connectivity index (χ3v) is 3.87. The molecule has 1 nitrogen and oxygen atoms in total. The van der Waals surface area contributed by atoms with E-state index in [1.807, 2.05) is 61.0 Å². The van der Waals surface area contributed by atoms with Crippen LogP contribution in [0.4, 0.5) is 0 Å². The Labute approximate surface area is 106 Å². The van der Waals surface area contributed by atoms with Gasteiger partial charge in [0, 0.05) is 11.8 Å². The van der Waals surface area contributed by atoms with Gasteiger partial charge in [0.25, 0.3) is 0 Å². The number of rotatable bonds is 4. The third kappa shape index (κ3) is 2.64. The molecule has 1 aromatic carbocycles. The van der Waals surface area contributed by atoms with Gasteiger partial charge < -0.3 is 0 Å². The molecule has 0 bridgehead atoms. The molecule has 0 saturated carbocycles. The highest BCUT2D eigenvalue weighted by Gasteiger charge is 2.29. The number of Topliss-reactive ketones (excluding diaryl/α,β-unsaturated/α-hetero) is 1. The molecule has 0 aliphatic carbocycles. The van der Waals surface area contributed by atoms with Gasteiger partial charge in [0.15, 0.2) is 0 Å². The van der Waals surface area contributed by atoms with Crippen molar-refractivity contribution in [2.24, 2.45) is 0 Å². The zero-order chi connectivity index (χ0) is 12.3. The van der Waals surface area contributed by atoms with Crippen LogP contribution in [0, 0.1) is 0 Å². The molecule has 2 aromatic rings. The summed E-state index contributed by atoms with van der Waals surface area (Å²) in [4.78, 5) is 12.3. The first-order valence-corrected chi connectivity index (χ1v) is 6.65. The largest absolute Gasteiger partial charge is 0.298 e. The van der Waals surface area contributed by atoms with Crippen molar-refractivity contribution in [2.75, 3.05) is 0 Å². The molecule has 0 aliphatic rings. The predicted molar refractivity (Wildman–Crippen MR) is 72.5 cm³/mol. The lowest BCUT2D eigenvalue weighted by Crippen LogP contribution is -2.30. The lowest BCUT2D eigenvalue weighted by molar-refractivity contribution is -0.122. The fourth-order valence-corrected chi connectivity index (χ4v) is 2.48. The van der Waals surface area contributed by atoms with Gasteiger partial charge in [-0.3, -0.25) is 4.79 Å². The molecule has 0 atom stereocenters. The molecule has 1 aromatic heterocycles. The van der Waals surface area contributed by atoms with E-state index < -0.39 is 5.41 Å².